The molecule has 2 aromatic rings. The van der Waals surface area contributed by atoms with Crippen molar-refractivity contribution in [1.29, 1.82) is 0 Å². The van der Waals surface area contributed by atoms with Crippen molar-refractivity contribution in [3.63, 3.8) is 0 Å². The predicted molar refractivity (Wildman–Crippen MR) is 85.4 cm³/mol. The van der Waals surface area contributed by atoms with E-state index in [-0.39, 0.29) is 0 Å². The molecule has 0 aliphatic rings. The second-order valence-corrected chi connectivity index (χ2v) is 5.14. The van der Waals surface area contributed by atoms with E-state index in [9.17, 15) is 0 Å². The molecule has 0 saturated heterocycles. The zero-order valence-electron chi connectivity index (χ0n) is 12.8. The molecule has 0 amide bonds. The summed E-state index contributed by atoms with van der Waals surface area (Å²) in [5.74, 6) is 1.91. The quantitative estimate of drug-likeness (QED) is 0.793. The van der Waals surface area contributed by atoms with Crippen molar-refractivity contribution in [2.45, 2.75) is 39.5 Å². The predicted octanol–water partition coefficient (Wildman–Crippen LogP) is 3.33. The lowest BCUT2D eigenvalue weighted by Crippen LogP contribution is -2.08. The van der Waals surface area contributed by atoms with Gasteiger partial charge >= 0.3 is 0 Å². The van der Waals surface area contributed by atoms with Crippen LogP contribution in [-0.2, 0) is 12.8 Å². The van der Waals surface area contributed by atoms with Crippen molar-refractivity contribution >= 4 is 5.82 Å². The maximum atomic E-state index is 5.92. The molecular weight excluding hydrogens is 262 g/mol. The van der Waals surface area contributed by atoms with Crippen molar-refractivity contribution < 1.29 is 4.74 Å². The summed E-state index contributed by atoms with van der Waals surface area (Å²) in [5, 5.41) is 0. The summed E-state index contributed by atoms with van der Waals surface area (Å²) in [6.45, 7) is 4.63. The Balaban J connectivity index is 1.90. The van der Waals surface area contributed by atoms with E-state index < -0.39 is 0 Å². The summed E-state index contributed by atoms with van der Waals surface area (Å²) < 4.78 is 5.80. The number of nitrogen functional groups attached to an aromatic ring is 1. The van der Waals surface area contributed by atoms with E-state index in [2.05, 4.69) is 41.2 Å². The third-order valence-electron chi connectivity index (χ3n) is 3.35. The lowest BCUT2D eigenvalue weighted by atomic mass is 10.1. The molecule has 1 heterocycles. The molecule has 2 N–H and O–H groups in total. The van der Waals surface area contributed by atoms with Gasteiger partial charge < -0.3 is 10.5 Å². The monoisotopic (exact) mass is 285 g/mol. The Kier molecular flexibility index (Phi) is 5.55. The maximum Gasteiger partial charge on any atom is 0.221 e. The first-order chi connectivity index (χ1) is 10.2. The standard InChI is InChI=1S/C17H23N3O/c1-3-8-15-19-16(18)13(2)17(20-15)21-12-7-11-14-9-5-4-6-10-14/h4-6,9-10H,3,7-8,11-12H2,1-2H3,(H2,18,19,20). The normalized spacial score (nSPS) is 10.6. The highest BCUT2D eigenvalue weighted by atomic mass is 16.5. The van der Waals surface area contributed by atoms with Gasteiger partial charge in [0.15, 0.2) is 0 Å². The number of aromatic nitrogens is 2. The van der Waals surface area contributed by atoms with Crippen LogP contribution in [0.15, 0.2) is 30.3 Å². The van der Waals surface area contributed by atoms with Crippen LogP contribution in [0.4, 0.5) is 5.82 Å². The molecule has 0 radical (unpaired) electrons. The number of hydrogen-bond acceptors (Lipinski definition) is 4. The van der Waals surface area contributed by atoms with Crippen LogP contribution in [0.2, 0.25) is 0 Å². The van der Waals surface area contributed by atoms with Crippen LogP contribution < -0.4 is 10.5 Å². The minimum Gasteiger partial charge on any atom is -0.477 e. The molecule has 0 fully saturated rings. The molecule has 0 spiro atoms. The van der Waals surface area contributed by atoms with Crippen LogP contribution >= 0.6 is 0 Å². The minimum absolute atomic E-state index is 0.520. The molecule has 4 heteroatoms. The maximum absolute atomic E-state index is 5.92. The second-order valence-electron chi connectivity index (χ2n) is 5.14. The van der Waals surface area contributed by atoms with Gasteiger partial charge in [-0.15, -0.1) is 0 Å². The van der Waals surface area contributed by atoms with Gasteiger partial charge in [-0.3, -0.25) is 0 Å². The average Bonchev–Trinajstić information content (AvgIpc) is 2.49. The Morgan fingerprint density at radius 2 is 1.86 bits per heavy atom. The van der Waals surface area contributed by atoms with Crippen molar-refractivity contribution in [3.05, 3.63) is 47.3 Å². The van der Waals surface area contributed by atoms with Gasteiger partial charge in [-0.25, -0.2) is 4.98 Å². The lowest BCUT2D eigenvalue weighted by Gasteiger charge is -2.11. The van der Waals surface area contributed by atoms with E-state index in [0.717, 1.165) is 37.1 Å². The molecule has 1 aromatic heterocycles. The van der Waals surface area contributed by atoms with Gasteiger partial charge in [-0.2, -0.15) is 4.98 Å². The number of nitrogens with two attached hydrogens (primary N) is 1. The first-order valence-electron chi connectivity index (χ1n) is 7.50. The van der Waals surface area contributed by atoms with Crippen molar-refractivity contribution in [1.82, 2.24) is 9.97 Å². The summed E-state index contributed by atoms with van der Waals surface area (Å²) in [6, 6.07) is 10.4. The Hall–Kier alpha value is -2.10. The van der Waals surface area contributed by atoms with Crippen LogP contribution in [-0.4, -0.2) is 16.6 Å². The third kappa shape index (κ3) is 4.45. The van der Waals surface area contributed by atoms with Gasteiger partial charge in [-0.05, 0) is 31.7 Å². The van der Waals surface area contributed by atoms with Gasteiger partial charge in [0.25, 0.3) is 0 Å². The zero-order valence-corrected chi connectivity index (χ0v) is 12.8. The summed E-state index contributed by atoms with van der Waals surface area (Å²) in [4.78, 5) is 8.74. The molecule has 0 bridgehead atoms. The number of anilines is 1. The topological polar surface area (TPSA) is 61.0 Å². The molecule has 112 valence electrons. The van der Waals surface area contributed by atoms with Gasteiger partial charge in [0.2, 0.25) is 5.88 Å². The number of nitrogens with zero attached hydrogens (tertiary/aromatic N) is 2. The van der Waals surface area contributed by atoms with Gasteiger partial charge in [0, 0.05) is 6.42 Å². The average molecular weight is 285 g/mol. The van der Waals surface area contributed by atoms with Crippen LogP contribution in [0.5, 0.6) is 5.88 Å². The summed E-state index contributed by atoms with van der Waals surface area (Å²) in [6.07, 6.45) is 3.78. The highest BCUT2D eigenvalue weighted by Gasteiger charge is 2.09. The van der Waals surface area contributed by atoms with E-state index in [0.29, 0.717) is 18.3 Å². The molecule has 0 unspecified atom stereocenters. The van der Waals surface area contributed by atoms with Gasteiger partial charge in [-0.1, -0.05) is 37.3 Å². The largest absolute Gasteiger partial charge is 0.477 e. The molecule has 21 heavy (non-hydrogen) atoms. The SMILES string of the molecule is CCCc1nc(N)c(C)c(OCCCc2ccccc2)n1. The fourth-order valence-corrected chi connectivity index (χ4v) is 2.12. The van der Waals surface area contributed by atoms with Crippen LogP contribution in [0, 0.1) is 6.92 Å². The van der Waals surface area contributed by atoms with Crippen LogP contribution in [0.1, 0.15) is 36.7 Å². The van der Waals surface area contributed by atoms with E-state index in [1.807, 2.05) is 13.0 Å². The Morgan fingerprint density at radius 3 is 2.57 bits per heavy atom. The van der Waals surface area contributed by atoms with Crippen molar-refractivity contribution in [2.75, 3.05) is 12.3 Å². The zero-order chi connectivity index (χ0) is 15.1. The van der Waals surface area contributed by atoms with E-state index in [1.165, 1.54) is 5.56 Å². The Morgan fingerprint density at radius 1 is 1.10 bits per heavy atom. The summed E-state index contributed by atoms with van der Waals surface area (Å²) in [5.41, 5.74) is 8.07. The molecule has 0 aliphatic carbocycles. The first-order valence-corrected chi connectivity index (χ1v) is 7.50. The smallest absolute Gasteiger partial charge is 0.221 e. The van der Waals surface area contributed by atoms with E-state index in [4.69, 9.17) is 10.5 Å². The molecule has 1 aromatic carbocycles. The summed E-state index contributed by atoms with van der Waals surface area (Å²) in [7, 11) is 0. The molecule has 0 saturated carbocycles. The lowest BCUT2D eigenvalue weighted by molar-refractivity contribution is 0.295. The number of benzene rings is 1. The highest BCUT2D eigenvalue weighted by molar-refractivity contribution is 5.44. The number of hydrogen-bond donors (Lipinski definition) is 1. The van der Waals surface area contributed by atoms with Crippen LogP contribution in [0.25, 0.3) is 0 Å². The fourth-order valence-electron chi connectivity index (χ4n) is 2.12. The second kappa shape index (κ2) is 7.62. The van der Waals surface area contributed by atoms with E-state index in [1.54, 1.807) is 0 Å². The fraction of sp³-hybridized carbons (Fsp3) is 0.412. The van der Waals surface area contributed by atoms with Gasteiger partial charge in [0.05, 0.1) is 12.2 Å². The first kappa shape index (κ1) is 15.3. The molecule has 0 atom stereocenters. The highest BCUT2D eigenvalue weighted by Crippen LogP contribution is 2.20. The van der Waals surface area contributed by atoms with E-state index >= 15 is 0 Å². The van der Waals surface area contributed by atoms with Gasteiger partial charge in [0.1, 0.15) is 11.6 Å². The summed E-state index contributed by atoms with van der Waals surface area (Å²) >= 11 is 0. The Bertz CT molecular complexity index is 570. The number of ether oxygens (including phenoxy) is 1. The number of aryl methyl sites for hydroxylation is 2. The number of rotatable bonds is 7. The van der Waals surface area contributed by atoms with Crippen molar-refractivity contribution in [2.24, 2.45) is 0 Å². The molecule has 2 rings (SSSR count). The van der Waals surface area contributed by atoms with Crippen molar-refractivity contribution in [3.8, 4) is 5.88 Å². The third-order valence-corrected chi connectivity index (χ3v) is 3.35. The molecule has 4 nitrogen and oxygen atoms in total. The molecule has 0 aliphatic heterocycles. The minimum atomic E-state index is 0.520. The van der Waals surface area contributed by atoms with Crippen LogP contribution in [0.3, 0.4) is 0 Å². The molecular formula is C17H23N3O. The Labute approximate surface area is 126 Å².